The van der Waals surface area contributed by atoms with Crippen molar-refractivity contribution in [3.8, 4) is 17.2 Å². The zero-order chi connectivity index (χ0) is 18.5. The predicted octanol–water partition coefficient (Wildman–Crippen LogP) is 2.42. The molecule has 1 aliphatic rings. The molecule has 0 unspecified atom stereocenters. The number of fused-ring (bicyclic) bond motifs is 1. The van der Waals surface area contributed by atoms with Gasteiger partial charge in [-0.05, 0) is 11.6 Å². The molecule has 2 aromatic carbocycles. The van der Waals surface area contributed by atoms with Crippen molar-refractivity contribution in [2.24, 2.45) is 0 Å². The van der Waals surface area contributed by atoms with Crippen LogP contribution in [-0.2, 0) is 25.7 Å². The maximum absolute atomic E-state index is 12.2. The quantitative estimate of drug-likeness (QED) is 0.579. The highest BCUT2D eigenvalue weighted by Gasteiger charge is 2.35. The minimum absolute atomic E-state index is 0.0536. The van der Waals surface area contributed by atoms with Crippen LogP contribution in [0.25, 0.3) is 0 Å². The highest BCUT2D eigenvalue weighted by atomic mass is 16.7. The maximum atomic E-state index is 12.2. The van der Waals surface area contributed by atoms with E-state index in [0.29, 0.717) is 22.8 Å². The Hall–Kier alpha value is -3.22. The molecule has 0 radical (unpaired) electrons. The Kier molecular flexibility index (Phi) is 5.26. The third-order valence-corrected chi connectivity index (χ3v) is 3.93. The number of carbonyl (C=O) groups is 2. The van der Waals surface area contributed by atoms with E-state index >= 15 is 0 Å². The van der Waals surface area contributed by atoms with E-state index in [4.69, 9.17) is 23.7 Å². The molecule has 0 aliphatic carbocycles. The second-order valence-corrected chi connectivity index (χ2v) is 5.50. The van der Waals surface area contributed by atoms with Gasteiger partial charge in [0.25, 0.3) is 0 Å². The minimum Gasteiger partial charge on any atom is -0.488 e. The van der Waals surface area contributed by atoms with Crippen molar-refractivity contribution >= 4 is 11.9 Å². The lowest BCUT2D eigenvalue weighted by molar-refractivity contribution is -0.154. The number of rotatable bonds is 6. The molecule has 0 spiro atoms. The van der Waals surface area contributed by atoms with Crippen LogP contribution >= 0.6 is 0 Å². The molecule has 3 rings (SSSR count). The van der Waals surface area contributed by atoms with Crippen molar-refractivity contribution in [1.29, 1.82) is 0 Å². The number of benzene rings is 2. The van der Waals surface area contributed by atoms with Crippen LogP contribution in [0.3, 0.4) is 0 Å². The molecule has 0 bridgehead atoms. The van der Waals surface area contributed by atoms with Gasteiger partial charge in [0.1, 0.15) is 12.4 Å². The van der Waals surface area contributed by atoms with E-state index in [2.05, 4.69) is 0 Å². The second kappa shape index (κ2) is 7.77. The van der Waals surface area contributed by atoms with Gasteiger partial charge in [-0.15, -0.1) is 0 Å². The first kappa shape index (κ1) is 17.6. The van der Waals surface area contributed by atoms with Gasteiger partial charge < -0.3 is 23.7 Å². The number of esters is 2. The van der Waals surface area contributed by atoms with Crippen molar-refractivity contribution in [2.45, 2.75) is 12.5 Å². The van der Waals surface area contributed by atoms with Crippen molar-refractivity contribution in [3.63, 3.8) is 0 Å². The van der Waals surface area contributed by atoms with Gasteiger partial charge in [0, 0.05) is 11.6 Å². The summed E-state index contributed by atoms with van der Waals surface area (Å²) >= 11 is 0. The minimum atomic E-state index is -1.29. The molecule has 0 saturated carbocycles. The van der Waals surface area contributed by atoms with Crippen LogP contribution in [0, 0.1) is 0 Å². The van der Waals surface area contributed by atoms with Crippen molar-refractivity contribution in [3.05, 3.63) is 53.6 Å². The van der Waals surface area contributed by atoms with Gasteiger partial charge in [0.2, 0.25) is 6.79 Å². The summed E-state index contributed by atoms with van der Waals surface area (Å²) in [5, 5.41) is 0. The molecule has 0 aromatic heterocycles. The first-order valence-corrected chi connectivity index (χ1v) is 7.90. The average molecular weight is 358 g/mol. The van der Waals surface area contributed by atoms with E-state index in [0.717, 1.165) is 5.56 Å². The first-order valence-electron chi connectivity index (χ1n) is 7.90. The smallest absolute Gasteiger partial charge is 0.324 e. The van der Waals surface area contributed by atoms with Crippen LogP contribution in [0.1, 0.15) is 17.0 Å². The topological polar surface area (TPSA) is 80.3 Å². The van der Waals surface area contributed by atoms with Crippen LogP contribution in [-0.4, -0.2) is 33.0 Å². The van der Waals surface area contributed by atoms with Crippen LogP contribution < -0.4 is 14.2 Å². The molecular formula is C19H18O7. The highest BCUT2D eigenvalue weighted by Crippen LogP contribution is 2.41. The largest absolute Gasteiger partial charge is 0.488 e. The van der Waals surface area contributed by atoms with Gasteiger partial charge in [-0.3, -0.25) is 9.59 Å². The van der Waals surface area contributed by atoms with Gasteiger partial charge in [0.15, 0.2) is 17.4 Å². The highest BCUT2D eigenvalue weighted by molar-refractivity contribution is 6.01. The van der Waals surface area contributed by atoms with Crippen molar-refractivity contribution in [1.82, 2.24) is 0 Å². The number of hydrogen-bond donors (Lipinski definition) is 0. The van der Waals surface area contributed by atoms with E-state index in [1.807, 2.05) is 30.3 Å². The van der Waals surface area contributed by atoms with Gasteiger partial charge in [0.05, 0.1) is 14.2 Å². The lowest BCUT2D eigenvalue weighted by Gasteiger charge is -2.18. The summed E-state index contributed by atoms with van der Waals surface area (Å²) in [5.74, 6) is -1.57. The Bertz CT molecular complexity index is 785. The summed E-state index contributed by atoms with van der Waals surface area (Å²) in [4.78, 5) is 24.4. The molecule has 0 fully saturated rings. The van der Waals surface area contributed by atoms with E-state index in [-0.39, 0.29) is 13.4 Å². The molecule has 7 heteroatoms. The van der Waals surface area contributed by atoms with Gasteiger partial charge in [-0.1, -0.05) is 30.3 Å². The van der Waals surface area contributed by atoms with Crippen LogP contribution in [0.4, 0.5) is 0 Å². The summed E-state index contributed by atoms with van der Waals surface area (Å²) in [6, 6.07) is 12.6. The van der Waals surface area contributed by atoms with Crippen molar-refractivity contribution < 1.29 is 33.3 Å². The lowest BCUT2D eigenvalue weighted by Crippen LogP contribution is -2.25. The summed E-state index contributed by atoms with van der Waals surface area (Å²) in [6.45, 7) is 0.306. The fourth-order valence-electron chi connectivity index (χ4n) is 2.61. The first-order chi connectivity index (χ1) is 12.6. The van der Waals surface area contributed by atoms with Crippen molar-refractivity contribution in [2.75, 3.05) is 21.0 Å². The summed E-state index contributed by atoms with van der Waals surface area (Å²) in [7, 11) is 2.41. The molecular weight excluding hydrogens is 340 g/mol. The number of methoxy groups -OCH3 is 2. The van der Waals surface area contributed by atoms with Crippen LogP contribution in [0.2, 0.25) is 0 Å². The molecule has 0 amide bonds. The Morgan fingerprint density at radius 3 is 2.23 bits per heavy atom. The number of carbonyl (C=O) groups excluding carboxylic acids is 2. The molecule has 1 aliphatic heterocycles. The SMILES string of the molecule is COC(=O)C(C(=O)OC)c1cc2c(cc1OCc1ccccc1)OCO2. The number of ether oxygens (including phenoxy) is 5. The summed E-state index contributed by atoms with van der Waals surface area (Å²) < 4.78 is 26.1. The molecule has 26 heavy (non-hydrogen) atoms. The molecule has 0 saturated heterocycles. The summed E-state index contributed by atoms with van der Waals surface area (Å²) in [5.41, 5.74) is 1.23. The van der Waals surface area contributed by atoms with Crippen LogP contribution in [0.15, 0.2) is 42.5 Å². The predicted molar refractivity (Wildman–Crippen MR) is 90.1 cm³/mol. The zero-order valence-corrected chi connectivity index (χ0v) is 14.4. The third kappa shape index (κ3) is 3.56. The Labute approximate surface area is 150 Å². The molecule has 0 atom stereocenters. The van der Waals surface area contributed by atoms with E-state index in [9.17, 15) is 9.59 Å². The average Bonchev–Trinajstić information content (AvgIpc) is 3.14. The Morgan fingerprint density at radius 2 is 1.62 bits per heavy atom. The van der Waals surface area contributed by atoms with Crippen LogP contribution in [0.5, 0.6) is 17.2 Å². The number of hydrogen-bond acceptors (Lipinski definition) is 7. The standard InChI is InChI=1S/C19H18O7/c1-22-18(20)17(19(21)23-2)13-8-15-16(26-11-25-15)9-14(13)24-10-12-6-4-3-5-7-12/h3-9,17H,10-11H2,1-2H3. The lowest BCUT2D eigenvalue weighted by atomic mass is 9.97. The fourth-order valence-corrected chi connectivity index (χ4v) is 2.61. The Morgan fingerprint density at radius 1 is 1.00 bits per heavy atom. The molecule has 136 valence electrons. The fraction of sp³-hybridized carbons (Fsp3) is 0.263. The Balaban J connectivity index is 1.98. The van der Waals surface area contributed by atoms with Gasteiger partial charge >= 0.3 is 11.9 Å². The molecule has 7 nitrogen and oxygen atoms in total. The second-order valence-electron chi connectivity index (χ2n) is 5.50. The third-order valence-electron chi connectivity index (χ3n) is 3.93. The van der Waals surface area contributed by atoms with E-state index in [1.165, 1.54) is 14.2 Å². The summed E-state index contributed by atoms with van der Waals surface area (Å²) in [6.07, 6.45) is 0. The maximum Gasteiger partial charge on any atom is 0.324 e. The molecule has 0 N–H and O–H groups in total. The molecule has 2 aromatic rings. The monoisotopic (exact) mass is 358 g/mol. The van der Waals surface area contributed by atoms with Gasteiger partial charge in [-0.25, -0.2) is 0 Å². The van der Waals surface area contributed by atoms with Gasteiger partial charge in [-0.2, -0.15) is 0 Å². The van der Waals surface area contributed by atoms with E-state index in [1.54, 1.807) is 12.1 Å². The zero-order valence-electron chi connectivity index (χ0n) is 14.4. The van der Waals surface area contributed by atoms with E-state index < -0.39 is 17.9 Å². The molecule has 1 heterocycles. The normalized spacial score (nSPS) is 12.0.